The highest BCUT2D eigenvalue weighted by molar-refractivity contribution is 7.73. The third-order valence-electron chi connectivity index (χ3n) is 3.36. The Hall–Kier alpha value is -1.21. The quantitative estimate of drug-likeness (QED) is 0.805. The van der Waals surface area contributed by atoms with Gasteiger partial charge in [0.1, 0.15) is 0 Å². The van der Waals surface area contributed by atoms with E-state index in [1.54, 1.807) is 0 Å². The number of ether oxygens (including phenoxy) is 2. The van der Waals surface area contributed by atoms with Crippen molar-refractivity contribution in [2.24, 2.45) is 0 Å². The van der Waals surface area contributed by atoms with E-state index < -0.39 is 7.92 Å². The third kappa shape index (κ3) is 3.46. The van der Waals surface area contributed by atoms with Crippen molar-refractivity contribution < 1.29 is 9.47 Å². The van der Waals surface area contributed by atoms with E-state index in [1.807, 2.05) is 0 Å². The fraction of sp³-hybridized carbons (Fsp3) is 0.294. The van der Waals surface area contributed by atoms with Gasteiger partial charge in [0.25, 0.3) is 0 Å². The van der Waals surface area contributed by atoms with Gasteiger partial charge in [-0.2, -0.15) is 0 Å². The molecule has 1 aliphatic rings. The summed E-state index contributed by atoms with van der Waals surface area (Å²) >= 11 is 0. The molecule has 0 atom stereocenters. The van der Waals surface area contributed by atoms with Crippen molar-refractivity contribution in [3.8, 4) is 0 Å². The van der Waals surface area contributed by atoms with E-state index in [0.29, 0.717) is 0 Å². The molecule has 0 spiro atoms. The molecule has 2 aromatic rings. The molecule has 0 aromatic heterocycles. The molecule has 2 nitrogen and oxygen atoms in total. The molecule has 0 radical (unpaired) electrons. The Morgan fingerprint density at radius 3 is 1.80 bits per heavy atom. The Balaban J connectivity index is 1.83. The smallest absolute Gasteiger partial charge is 0.162 e. The van der Waals surface area contributed by atoms with Crippen LogP contribution < -0.4 is 10.6 Å². The van der Waals surface area contributed by atoms with Crippen molar-refractivity contribution in [3.63, 3.8) is 0 Å². The summed E-state index contributed by atoms with van der Waals surface area (Å²) < 4.78 is 11.5. The van der Waals surface area contributed by atoms with Crippen LogP contribution in [0.4, 0.5) is 0 Å². The van der Waals surface area contributed by atoms with Crippen molar-refractivity contribution in [2.75, 3.05) is 19.4 Å². The average Bonchev–Trinajstić information content (AvgIpc) is 2.55. The van der Waals surface area contributed by atoms with Gasteiger partial charge in [-0.1, -0.05) is 60.7 Å². The molecule has 3 heteroatoms. The first-order valence-electron chi connectivity index (χ1n) is 7.04. The third-order valence-corrected chi connectivity index (χ3v) is 5.87. The molecule has 104 valence electrons. The maximum absolute atomic E-state index is 5.75. The van der Waals surface area contributed by atoms with Gasteiger partial charge >= 0.3 is 0 Å². The molecule has 1 fully saturated rings. The monoisotopic (exact) mass is 286 g/mol. The average molecular weight is 286 g/mol. The Morgan fingerprint density at radius 2 is 1.30 bits per heavy atom. The summed E-state index contributed by atoms with van der Waals surface area (Å²) in [4.78, 5) is 0. The zero-order chi connectivity index (χ0) is 13.6. The molecule has 2 aromatic carbocycles. The zero-order valence-electron chi connectivity index (χ0n) is 11.4. The summed E-state index contributed by atoms with van der Waals surface area (Å²) in [5.41, 5.74) is 0. The predicted molar refractivity (Wildman–Crippen MR) is 84.2 cm³/mol. The van der Waals surface area contributed by atoms with Gasteiger partial charge in [-0.3, -0.25) is 0 Å². The highest BCUT2D eigenvalue weighted by Crippen LogP contribution is 2.35. The van der Waals surface area contributed by atoms with Crippen LogP contribution in [0.15, 0.2) is 60.7 Å². The maximum Gasteiger partial charge on any atom is 0.162 e. The minimum atomic E-state index is -0.424. The first-order valence-corrected chi connectivity index (χ1v) is 8.57. The van der Waals surface area contributed by atoms with Gasteiger partial charge in [0.2, 0.25) is 0 Å². The maximum atomic E-state index is 5.75. The van der Waals surface area contributed by atoms with Crippen LogP contribution in [0.1, 0.15) is 6.42 Å². The SMILES string of the molecule is c1ccc(P(CC2OCCCO2)c2ccccc2)cc1. The second kappa shape index (κ2) is 6.99. The summed E-state index contributed by atoms with van der Waals surface area (Å²) in [6, 6.07) is 21.4. The molecule has 3 rings (SSSR count). The van der Waals surface area contributed by atoms with E-state index in [2.05, 4.69) is 60.7 Å². The molecule has 0 aliphatic carbocycles. The first kappa shape index (κ1) is 13.8. The zero-order valence-corrected chi connectivity index (χ0v) is 12.3. The van der Waals surface area contributed by atoms with Gasteiger partial charge in [-0.05, 0) is 25.0 Å². The molecule has 0 amide bonds. The van der Waals surface area contributed by atoms with Crippen LogP contribution in [-0.4, -0.2) is 25.7 Å². The Morgan fingerprint density at radius 1 is 0.800 bits per heavy atom. The topological polar surface area (TPSA) is 18.5 Å². The molecule has 0 N–H and O–H groups in total. The lowest BCUT2D eigenvalue weighted by atomic mass is 10.4. The number of hydrogen-bond donors (Lipinski definition) is 0. The van der Waals surface area contributed by atoms with Gasteiger partial charge < -0.3 is 9.47 Å². The van der Waals surface area contributed by atoms with Crippen LogP contribution in [0.2, 0.25) is 0 Å². The number of hydrogen-bond acceptors (Lipinski definition) is 2. The molecule has 1 heterocycles. The summed E-state index contributed by atoms with van der Waals surface area (Å²) in [7, 11) is -0.424. The Labute approximate surface area is 121 Å². The van der Waals surface area contributed by atoms with Crippen LogP contribution in [0.3, 0.4) is 0 Å². The lowest BCUT2D eigenvalue weighted by Crippen LogP contribution is -2.30. The lowest BCUT2D eigenvalue weighted by Gasteiger charge is -2.28. The summed E-state index contributed by atoms with van der Waals surface area (Å²) in [5.74, 6) is 0. The summed E-state index contributed by atoms with van der Waals surface area (Å²) in [6.07, 6.45) is 1.88. The van der Waals surface area contributed by atoms with E-state index in [-0.39, 0.29) is 6.29 Å². The highest BCUT2D eigenvalue weighted by atomic mass is 31.1. The first-order chi connectivity index (χ1) is 9.93. The van der Waals surface area contributed by atoms with Gasteiger partial charge in [-0.25, -0.2) is 0 Å². The molecule has 20 heavy (non-hydrogen) atoms. The fourth-order valence-electron chi connectivity index (χ4n) is 2.37. The van der Waals surface area contributed by atoms with Gasteiger partial charge in [0.15, 0.2) is 6.29 Å². The van der Waals surface area contributed by atoms with Gasteiger partial charge in [0, 0.05) is 6.16 Å². The van der Waals surface area contributed by atoms with E-state index in [4.69, 9.17) is 9.47 Å². The molecule has 0 saturated carbocycles. The van der Waals surface area contributed by atoms with E-state index in [0.717, 1.165) is 25.8 Å². The van der Waals surface area contributed by atoms with Crippen molar-refractivity contribution in [1.82, 2.24) is 0 Å². The van der Waals surface area contributed by atoms with Crippen LogP contribution >= 0.6 is 7.92 Å². The standard InChI is InChI=1S/C17H19O2P/c1-3-8-15(9-4-1)20(16-10-5-2-6-11-16)14-17-18-12-7-13-19-17/h1-6,8-11,17H,7,12-14H2. The fourth-order valence-corrected chi connectivity index (χ4v) is 4.66. The van der Waals surface area contributed by atoms with Gasteiger partial charge in [0.05, 0.1) is 13.2 Å². The van der Waals surface area contributed by atoms with Crippen LogP contribution in [0.25, 0.3) is 0 Å². The van der Waals surface area contributed by atoms with Crippen LogP contribution in [0.5, 0.6) is 0 Å². The van der Waals surface area contributed by atoms with Crippen molar-refractivity contribution in [3.05, 3.63) is 60.7 Å². The number of rotatable bonds is 4. The largest absolute Gasteiger partial charge is 0.352 e. The Kier molecular flexibility index (Phi) is 4.81. The normalized spacial score (nSPS) is 16.4. The van der Waals surface area contributed by atoms with E-state index in [9.17, 15) is 0 Å². The minimum Gasteiger partial charge on any atom is -0.352 e. The van der Waals surface area contributed by atoms with Crippen LogP contribution in [-0.2, 0) is 9.47 Å². The van der Waals surface area contributed by atoms with E-state index >= 15 is 0 Å². The molecule has 1 aliphatic heterocycles. The van der Waals surface area contributed by atoms with E-state index in [1.165, 1.54) is 10.6 Å². The molecular formula is C17H19O2P. The molecule has 1 saturated heterocycles. The molecular weight excluding hydrogens is 267 g/mol. The second-order valence-electron chi connectivity index (χ2n) is 4.81. The lowest BCUT2D eigenvalue weighted by molar-refractivity contribution is -0.164. The second-order valence-corrected chi connectivity index (χ2v) is 7.06. The molecule has 0 bridgehead atoms. The van der Waals surface area contributed by atoms with Crippen molar-refractivity contribution in [2.45, 2.75) is 12.7 Å². The van der Waals surface area contributed by atoms with Gasteiger partial charge in [-0.15, -0.1) is 0 Å². The highest BCUT2D eigenvalue weighted by Gasteiger charge is 2.22. The minimum absolute atomic E-state index is 0.0599. The number of benzene rings is 2. The van der Waals surface area contributed by atoms with Crippen molar-refractivity contribution in [1.29, 1.82) is 0 Å². The molecule has 0 unspecified atom stereocenters. The summed E-state index contributed by atoms with van der Waals surface area (Å²) in [5, 5.41) is 2.76. The van der Waals surface area contributed by atoms with Crippen molar-refractivity contribution >= 4 is 18.5 Å². The summed E-state index contributed by atoms with van der Waals surface area (Å²) in [6.45, 7) is 1.63. The Bertz CT molecular complexity index is 470. The predicted octanol–water partition coefficient (Wildman–Crippen LogP) is 2.88. The van der Waals surface area contributed by atoms with Crippen LogP contribution in [0, 0.1) is 0 Å².